The van der Waals surface area contributed by atoms with Gasteiger partial charge >= 0.3 is 0 Å². The molecular weight excluding hydrogens is 326 g/mol. The summed E-state index contributed by atoms with van der Waals surface area (Å²) < 4.78 is 5.26. The number of hydrogen-bond donors (Lipinski definition) is 2. The number of amides is 2. The Hall–Kier alpha value is -2.54. The molecule has 126 valence electrons. The summed E-state index contributed by atoms with van der Waals surface area (Å²) in [5, 5.41) is 5.02. The lowest BCUT2D eigenvalue weighted by molar-refractivity contribution is -0.115. The molecule has 2 heterocycles. The largest absolute Gasteiger partial charge is 0.497 e. The molecule has 1 aliphatic heterocycles. The standard InChI is InChI=1S/C17H19N3O3S/c1-23-12-4-5-14-11(9-12)3-2-7-20(14)10-15(21)19-17-13(16(18)22)6-8-24-17/h4-6,8-9H,2-3,7,10H2,1H3,(H2,18,22)(H,19,21). The fraction of sp³-hybridized carbons (Fsp3) is 0.294. The Bertz CT molecular complexity index is 772. The first-order chi connectivity index (χ1) is 11.6. The van der Waals surface area contributed by atoms with E-state index in [1.807, 2.05) is 23.1 Å². The lowest BCUT2D eigenvalue weighted by Gasteiger charge is -2.31. The zero-order valence-electron chi connectivity index (χ0n) is 13.4. The first-order valence-electron chi connectivity index (χ1n) is 7.67. The molecule has 0 saturated heterocycles. The van der Waals surface area contributed by atoms with Crippen LogP contribution in [0.2, 0.25) is 0 Å². The SMILES string of the molecule is COc1ccc2c(c1)CCCN2CC(=O)Nc1sccc1C(N)=O. The van der Waals surface area contributed by atoms with E-state index in [2.05, 4.69) is 5.32 Å². The highest BCUT2D eigenvalue weighted by Crippen LogP contribution is 2.30. The predicted octanol–water partition coefficient (Wildman–Crippen LogP) is 2.25. The number of carbonyl (C=O) groups is 2. The van der Waals surface area contributed by atoms with Gasteiger partial charge in [-0.3, -0.25) is 9.59 Å². The molecule has 3 N–H and O–H groups in total. The van der Waals surface area contributed by atoms with E-state index in [4.69, 9.17) is 10.5 Å². The summed E-state index contributed by atoms with van der Waals surface area (Å²) in [5.74, 6) is 0.121. The molecule has 0 radical (unpaired) electrons. The molecule has 0 aliphatic carbocycles. The number of thiophene rings is 1. The molecular formula is C17H19N3O3S. The number of nitrogens with two attached hydrogens (primary N) is 1. The van der Waals surface area contributed by atoms with Gasteiger partial charge in [-0.2, -0.15) is 0 Å². The quantitative estimate of drug-likeness (QED) is 0.870. The second-order valence-corrected chi connectivity index (χ2v) is 6.51. The highest BCUT2D eigenvalue weighted by Gasteiger charge is 2.20. The van der Waals surface area contributed by atoms with Crippen LogP contribution in [0.5, 0.6) is 5.75 Å². The molecule has 2 amide bonds. The molecule has 0 fully saturated rings. The van der Waals surface area contributed by atoms with Crippen molar-refractivity contribution in [2.75, 3.05) is 30.4 Å². The number of hydrogen-bond acceptors (Lipinski definition) is 5. The Balaban J connectivity index is 1.72. The number of fused-ring (bicyclic) bond motifs is 1. The van der Waals surface area contributed by atoms with Gasteiger partial charge in [0.25, 0.3) is 5.91 Å². The van der Waals surface area contributed by atoms with E-state index in [0.29, 0.717) is 10.6 Å². The van der Waals surface area contributed by atoms with Crippen molar-refractivity contribution in [1.29, 1.82) is 0 Å². The van der Waals surface area contributed by atoms with Crippen LogP contribution in [-0.2, 0) is 11.2 Å². The molecule has 2 aromatic rings. The van der Waals surface area contributed by atoms with Gasteiger partial charge in [0.05, 0.1) is 19.2 Å². The molecule has 1 aliphatic rings. The van der Waals surface area contributed by atoms with Crippen molar-refractivity contribution in [2.45, 2.75) is 12.8 Å². The van der Waals surface area contributed by atoms with Crippen LogP contribution in [0.4, 0.5) is 10.7 Å². The minimum Gasteiger partial charge on any atom is -0.497 e. The molecule has 7 heteroatoms. The highest BCUT2D eigenvalue weighted by atomic mass is 32.1. The average molecular weight is 345 g/mol. The predicted molar refractivity (Wildman–Crippen MR) is 95.0 cm³/mol. The molecule has 0 unspecified atom stereocenters. The third-order valence-corrected chi connectivity index (χ3v) is 4.85. The van der Waals surface area contributed by atoms with Gasteiger partial charge in [-0.1, -0.05) is 0 Å². The van der Waals surface area contributed by atoms with Gasteiger partial charge in [0.15, 0.2) is 0 Å². The van der Waals surface area contributed by atoms with Crippen molar-refractivity contribution >= 4 is 33.8 Å². The molecule has 0 saturated carbocycles. The average Bonchev–Trinajstić information content (AvgIpc) is 3.02. The minimum absolute atomic E-state index is 0.163. The third-order valence-electron chi connectivity index (χ3n) is 4.02. The van der Waals surface area contributed by atoms with Gasteiger partial charge in [-0.15, -0.1) is 11.3 Å². The first kappa shape index (κ1) is 16.3. The second-order valence-electron chi connectivity index (χ2n) is 5.60. The molecule has 1 aromatic carbocycles. The number of nitrogens with one attached hydrogen (secondary N) is 1. The Morgan fingerprint density at radius 2 is 2.21 bits per heavy atom. The fourth-order valence-electron chi connectivity index (χ4n) is 2.88. The van der Waals surface area contributed by atoms with Crippen LogP contribution in [0, 0.1) is 0 Å². The smallest absolute Gasteiger partial charge is 0.251 e. The molecule has 0 spiro atoms. The lowest BCUT2D eigenvalue weighted by Crippen LogP contribution is -2.36. The van der Waals surface area contributed by atoms with E-state index in [9.17, 15) is 9.59 Å². The molecule has 6 nitrogen and oxygen atoms in total. The lowest BCUT2D eigenvalue weighted by atomic mass is 10.0. The van der Waals surface area contributed by atoms with Crippen LogP contribution in [-0.4, -0.2) is 32.0 Å². The number of nitrogens with zero attached hydrogens (tertiary/aromatic N) is 1. The van der Waals surface area contributed by atoms with Crippen molar-refractivity contribution in [1.82, 2.24) is 0 Å². The Morgan fingerprint density at radius 1 is 1.38 bits per heavy atom. The van der Waals surface area contributed by atoms with E-state index in [0.717, 1.165) is 30.8 Å². The molecule has 1 aromatic heterocycles. The van der Waals surface area contributed by atoms with Crippen LogP contribution in [0.3, 0.4) is 0 Å². The van der Waals surface area contributed by atoms with Gasteiger partial charge < -0.3 is 20.7 Å². The number of methoxy groups -OCH3 is 1. The fourth-order valence-corrected chi connectivity index (χ4v) is 3.69. The second kappa shape index (κ2) is 6.92. The monoisotopic (exact) mass is 345 g/mol. The highest BCUT2D eigenvalue weighted by molar-refractivity contribution is 7.14. The summed E-state index contributed by atoms with van der Waals surface area (Å²) in [7, 11) is 1.65. The number of primary amides is 1. The number of anilines is 2. The van der Waals surface area contributed by atoms with Crippen LogP contribution in [0.25, 0.3) is 0 Å². The summed E-state index contributed by atoms with van der Waals surface area (Å²) in [6.45, 7) is 1.05. The molecule has 24 heavy (non-hydrogen) atoms. The molecule has 0 bridgehead atoms. The van der Waals surface area contributed by atoms with Gasteiger partial charge in [-0.25, -0.2) is 0 Å². The zero-order chi connectivity index (χ0) is 17.1. The van der Waals surface area contributed by atoms with Crippen molar-refractivity contribution in [3.05, 3.63) is 40.8 Å². The Morgan fingerprint density at radius 3 is 2.96 bits per heavy atom. The summed E-state index contributed by atoms with van der Waals surface area (Å²) >= 11 is 1.29. The normalized spacial score (nSPS) is 13.3. The summed E-state index contributed by atoms with van der Waals surface area (Å²) in [4.78, 5) is 25.7. The minimum atomic E-state index is -0.540. The third kappa shape index (κ3) is 3.35. The number of ether oxygens (including phenoxy) is 1. The van der Waals surface area contributed by atoms with Gasteiger partial charge in [0.2, 0.25) is 5.91 Å². The van der Waals surface area contributed by atoms with Crippen molar-refractivity contribution in [3.63, 3.8) is 0 Å². The maximum Gasteiger partial charge on any atom is 0.251 e. The Kier molecular flexibility index (Phi) is 4.71. The van der Waals surface area contributed by atoms with E-state index < -0.39 is 5.91 Å². The van der Waals surface area contributed by atoms with E-state index in [-0.39, 0.29) is 12.5 Å². The van der Waals surface area contributed by atoms with E-state index in [1.54, 1.807) is 18.6 Å². The van der Waals surface area contributed by atoms with Crippen molar-refractivity contribution in [2.24, 2.45) is 5.73 Å². The van der Waals surface area contributed by atoms with E-state index >= 15 is 0 Å². The van der Waals surface area contributed by atoms with Crippen LogP contribution in [0.15, 0.2) is 29.6 Å². The van der Waals surface area contributed by atoms with Crippen LogP contribution >= 0.6 is 11.3 Å². The van der Waals surface area contributed by atoms with E-state index in [1.165, 1.54) is 16.9 Å². The van der Waals surface area contributed by atoms with Gasteiger partial charge in [0, 0.05) is 12.2 Å². The summed E-state index contributed by atoms with van der Waals surface area (Å²) in [6.07, 6.45) is 1.96. The van der Waals surface area contributed by atoms with Crippen LogP contribution in [0.1, 0.15) is 22.3 Å². The Labute approximate surface area is 144 Å². The maximum atomic E-state index is 12.4. The van der Waals surface area contributed by atoms with Gasteiger partial charge in [0.1, 0.15) is 10.8 Å². The van der Waals surface area contributed by atoms with Crippen LogP contribution < -0.4 is 20.7 Å². The zero-order valence-corrected chi connectivity index (χ0v) is 14.2. The number of benzene rings is 1. The number of aryl methyl sites for hydroxylation is 1. The topological polar surface area (TPSA) is 84.7 Å². The van der Waals surface area contributed by atoms with Crippen molar-refractivity contribution in [3.8, 4) is 5.75 Å². The summed E-state index contributed by atoms with van der Waals surface area (Å²) in [6, 6.07) is 7.52. The van der Waals surface area contributed by atoms with Crippen molar-refractivity contribution < 1.29 is 14.3 Å². The molecule has 3 rings (SSSR count). The molecule has 0 atom stereocenters. The maximum absolute atomic E-state index is 12.4. The number of carbonyl (C=O) groups excluding carboxylic acids is 2. The first-order valence-corrected chi connectivity index (χ1v) is 8.55. The van der Waals surface area contributed by atoms with Gasteiger partial charge in [-0.05, 0) is 48.1 Å². The number of rotatable bonds is 5. The summed E-state index contributed by atoms with van der Waals surface area (Å²) in [5.41, 5.74) is 7.89.